The van der Waals surface area contributed by atoms with Gasteiger partial charge < -0.3 is 0 Å². The van der Waals surface area contributed by atoms with Gasteiger partial charge in [-0.25, -0.2) is 0 Å². The fraction of sp³-hybridized carbons (Fsp3) is 0.0952. The molecule has 0 spiro atoms. The van der Waals surface area contributed by atoms with Crippen molar-refractivity contribution in [2.75, 3.05) is 0 Å². The zero-order valence-corrected chi connectivity index (χ0v) is 13.7. The quantitative estimate of drug-likeness (QED) is 0.458. The lowest BCUT2D eigenvalue weighted by molar-refractivity contribution is 1.20. The van der Waals surface area contributed by atoms with Crippen molar-refractivity contribution >= 4 is 31.5 Å². The SMILES string of the molecule is Cc1ccc2sc3cc(Cc4ccccc4)ccc3c(=O)c2c1. The van der Waals surface area contributed by atoms with Crippen LogP contribution in [0.25, 0.3) is 20.2 Å². The number of rotatable bonds is 2. The van der Waals surface area contributed by atoms with Crippen LogP contribution in [0.3, 0.4) is 0 Å². The highest BCUT2D eigenvalue weighted by atomic mass is 32.1. The first-order chi connectivity index (χ1) is 11.2. The van der Waals surface area contributed by atoms with Crippen molar-refractivity contribution in [3.63, 3.8) is 0 Å². The molecule has 1 nitrogen and oxygen atoms in total. The van der Waals surface area contributed by atoms with E-state index in [1.165, 1.54) is 11.1 Å². The van der Waals surface area contributed by atoms with Gasteiger partial charge in [0.05, 0.1) is 0 Å². The first-order valence-corrected chi connectivity index (χ1v) is 8.52. The summed E-state index contributed by atoms with van der Waals surface area (Å²) in [6, 6.07) is 22.8. The number of hydrogen-bond acceptors (Lipinski definition) is 2. The second kappa shape index (κ2) is 5.64. The van der Waals surface area contributed by atoms with Crippen LogP contribution in [0.5, 0.6) is 0 Å². The van der Waals surface area contributed by atoms with Crippen LogP contribution in [0.2, 0.25) is 0 Å². The normalized spacial score (nSPS) is 11.2. The molecule has 0 atom stereocenters. The van der Waals surface area contributed by atoms with E-state index in [0.717, 1.165) is 32.2 Å². The van der Waals surface area contributed by atoms with Gasteiger partial charge in [-0.2, -0.15) is 0 Å². The minimum Gasteiger partial charge on any atom is -0.289 e. The summed E-state index contributed by atoms with van der Waals surface area (Å²) in [5, 5.41) is 1.66. The third-order valence-corrected chi connectivity index (χ3v) is 5.27. The number of aryl methyl sites for hydroxylation is 1. The molecule has 0 amide bonds. The zero-order valence-electron chi connectivity index (χ0n) is 12.9. The molecule has 0 saturated carbocycles. The van der Waals surface area contributed by atoms with E-state index in [4.69, 9.17) is 0 Å². The van der Waals surface area contributed by atoms with Crippen LogP contribution in [0.15, 0.2) is 71.5 Å². The molecule has 0 fully saturated rings. The summed E-state index contributed by atoms with van der Waals surface area (Å²) < 4.78 is 2.13. The van der Waals surface area contributed by atoms with Crippen molar-refractivity contribution in [3.05, 3.63) is 93.6 Å². The average molecular weight is 316 g/mol. The molecule has 0 aliphatic rings. The van der Waals surface area contributed by atoms with E-state index in [2.05, 4.69) is 48.5 Å². The van der Waals surface area contributed by atoms with Gasteiger partial charge in [0.1, 0.15) is 0 Å². The van der Waals surface area contributed by atoms with E-state index >= 15 is 0 Å². The molecule has 4 rings (SSSR count). The fourth-order valence-corrected chi connectivity index (χ4v) is 4.07. The van der Waals surface area contributed by atoms with Gasteiger partial charge >= 0.3 is 0 Å². The monoisotopic (exact) mass is 316 g/mol. The van der Waals surface area contributed by atoms with Crippen LogP contribution >= 0.6 is 11.3 Å². The molecule has 0 N–H and O–H groups in total. The lowest BCUT2D eigenvalue weighted by atomic mass is 10.0. The Morgan fingerprint density at radius 2 is 1.61 bits per heavy atom. The van der Waals surface area contributed by atoms with Gasteiger partial charge in [-0.15, -0.1) is 11.3 Å². The molecule has 1 heterocycles. The summed E-state index contributed by atoms with van der Waals surface area (Å²) in [5.74, 6) is 0. The van der Waals surface area contributed by atoms with Gasteiger partial charge in [0.25, 0.3) is 0 Å². The van der Waals surface area contributed by atoms with E-state index in [9.17, 15) is 4.79 Å². The van der Waals surface area contributed by atoms with E-state index < -0.39 is 0 Å². The van der Waals surface area contributed by atoms with Crippen LogP contribution in [-0.4, -0.2) is 0 Å². The Labute approximate surface area is 138 Å². The largest absolute Gasteiger partial charge is 0.289 e. The van der Waals surface area contributed by atoms with Crippen molar-refractivity contribution in [2.24, 2.45) is 0 Å². The van der Waals surface area contributed by atoms with Gasteiger partial charge in [0, 0.05) is 20.2 Å². The van der Waals surface area contributed by atoms with Crippen molar-refractivity contribution in [3.8, 4) is 0 Å². The third-order valence-electron chi connectivity index (χ3n) is 4.14. The van der Waals surface area contributed by atoms with Gasteiger partial charge in [0.15, 0.2) is 5.43 Å². The van der Waals surface area contributed by atoms with Crippen molar-refractivity contribution in [2.45, 2.75) is 13.3 Å². The average Bonchev–Trinajstić information content (AvgIpc) is 2.57. The second-order valence-corrected chi connectivity index (χ2v) is 7.01. The van der Waals surface area contributed by atoms with E-state index in [1.54, 1.807) is 11.3 Å². The Bertz CT molecular complexity index is 1060. The summed E-state index contributed by atoms with van der Waals surface area (Å²) in [7, 11) is 0. The maximum Gasteiger partial charge on any atom is 0.195 e. The maximum absolute atomic E-state index is 12.7. The van der Waals surface area contributed by atoms with Crippen LogP contribution in [0, 0.1) is 6.92 Å². The van der Waals surface area contributed by atoms with Crippen molar-refractivity contribution in [1.82, 2.24) is 0 Å². The predicted molar refractivity (Wildman–Crippen MR) is 99.6 cm³/mol. The van der Waals surface area contributed by atoms with Crippen LogP contribution < -0.4 is 5.43 Å². The minimum absolute atomic E-state index is 0.142. The first kappa shape index (κ1) is 14.2. The summed E-state index contributed by atoms with van der Waals surface area (Å²) in [6.45, 7) is 2.02. The molecule has 4 aromatic rings. The molecular weight excluding hydrogens is 300 g/mol. The Morgan fingerprint density at radius 3 is 2.43 bits per heavy atom. The molecule has 0 aliphatic carbocycles. The highest BCUT2D eigenvalue weighted by Gasteiger charge is 2.07. The smallest absolute Gasteiger partial charge is 0.195 e. The Kier molecular flexibility index (Phi) is 3.47. The standard InChI is InChI=1S/C21H16OS/c1-14-7-10-19-18(11-14)21(22)17-9-8-16(13-20(17)23-19)12-15-5-3-2-4-6-15/h2-11,13H,12H2,1H3. The molecule has 1 aromatic heterocycles. The van der Waals surface area contributed by atoms with Gasteiger partial charge in [-0.05, 0) is 48.7 Å². The zero-order chi connectivity index (χ0) is 15.8. The fourth-order valence-electron chi connectivity index (χ4n) is 2.95. The summed E-state index contributed by atoms with van der Waals surface area (Å²) in [6.07, 6.45) is 0.892. The highest BCUT2D eigenvalue weighted by molar-refractivity contribution is 7.24. The summed E-state index contributed by atoms with van der Waals surface area (Å²) >= 11 is 1.70. The molecule has 2 heteroatoms. The highest BCUT2D eigenvalue weighted by Crippen LogP contribution is 2.26. The van der Waals surface area contributed by atoms with Crippen LogP contribution in [-0.2, 0) is 6.42 Å². The predicted octanol–water partition coefficient (Wildman–Crippen LogP) is 5.31. The lowest BCUT2D eigenvalue weighted by Crippen LogP contribution is -2.01. The summed E-state index contributed by atoms with van der Waals surface area (Å²) in [4.78, 5) is 12.7. The topological polar surface area (TPSA) is 17.1 Å². The molecule has 0 aliphatic heterocycles. The molecule has 112 valence electrons. The number of benzene rings is 3. The summed E-state index contributed by atoms with van der Waals surface area (Å²) in [5.41, 5.74) is 3.80. The Balaban J connectivity index is 1.87. The molecular formula is C21H16OS. The van der Waals surface area contributed by atoms with Crippen LogP contribution in [0.1, 0.15) is 16.7 Å². The van der Waals surface area contributed by atoms with Crippen molar-refractivity contribution in [1.29, 1.82) is 0 Å². The van der Waals surface area contributed by atoms with Crippen molar-refractivity contribution < 1.29 is 0 Å². The minimum atomic E-state index is 0.142. The molecule has 0 unspecified atom stereocenters. The van der Waals surface area contributed by atoms with E-state index in [1.807, 2.05) is 25.1 Å². The lowest BCUT2D eigenvalue weighted by Gasteiger charge is -2.06. The molecule has 3 aromatic carbocycles. The van der Waals surface area contributed by atoms with Gasteiger partial charge in [-0.3, -0.25) is 4.79 Å². The molecule has 0 saturated heterocycles. The van der Waals surface area contributed by atoms with E-state index in [0.29, 0.717) is 0 Å². The third kappa shape index (κ3) is 2.66. The molecule has 0 radical (unpaired) electrons. The first-order valence-electron chi connectivity index (χ1n) is 7.71. The number of hydrogen-bond donors (Lipinski definition) is 0. The van der Waals surface area contributed by atoms with E-state index in [-0.39, 0.29) is 5.43 Å². The Morgan fingerprint density at radius 1 is 0.783 bits per heavy atom. The Hall–Kier alpha value is -2.45. The number of fused-ring (bicyclic) bond motifs is 2. The second-order valence-electron chi connectivity index (χ2n) is 5.92. The van der Waals surface area contributed by atoms with Gasteiger partial charge in [0.2, 0.25) is 0 Å². The molecule has 23 heavy (non-hydrogen) atoms. The van der Waals surface area contributed by atoms with Gasteiger partial charge in [-0.1, -0.05) is 48.0 Å². The maximum atomic E-state index is 12.7. The molecule has 0 bridgehead atoms. The van der Waals surface area contributed by atoms with Crippen LogP contribution in [0.4, 0.5) is 0 Å².